The number of nitrogens with zero attached hydrogens (tertiary/aromatic N) is 5. The highest BCUT2D eigenvalue weighted by molar-refractivity contribution is 5.38. The van der Waals surface area contributed by atoms with Crippen LogP contribution in [-0.4, -0.2) is 51.4 Å². The Morgan fingerprint density at radius 3 is 2.79 bits per heavy atom. The SMILES string of the molecule is COc1ccc(CN2CCc3nc(N4CCC(C)CC4)[nH]c(=O)c3C2)cc1Cn1cccn1. The summed E-state index contributed by atoms with van der Waals surface area (Å²) in [5, 5.41) is 4.31. The minimum absolute atomic E-state index is 0.00687. The van der Waals surface area contributed by atoms with Crippen LogP contribution in [0.25, 0.3) is 0 Å². The Morgan fingerprint density at radius 1 is 1.18 bits per heavy atom. The highest BCUT2D eigenvalue weighted by Gasteiger charge is 2.24. The largest absolute Gasteiger partial charge is 0.496 e. The van der Waals surface area contributed by atoms with E-state index < -0.39 is 0 Å². The molecule has 4 heterocycles. The Labute approximate surface area is 194 Å². The second-order valence-corrected chi connectivity index (χ2v) is 9.29. The summed E-state index contributed by atoms with van der Waals surface area (Å²) in [6.45, 7) is 7.17. The van der Waals surface area contributed by atoms with Gasteiger partial charge in [0, 0.05) is 57.1 Å². The van der Waals surface area contributed by atoms with Gasteiger partial charge in [-0.3, -0.25) is 19.4 Å². The molecule has 0 aliphatic carbocycles. The van der Waals surface area contributed by atoms with Crippen LogP contribution in [0.15, 0.2) is 41.5 Å². The van der Waals surface area contributed by atoms with Crippen molar-refractivity contribution >= 4 is 5.95 Å². The molecule has 0 bridgehead atoms. The molecule has 0 amide bonds. The number of methoxy groups -OCH3 is 1. The summed E-state index contributed by atoms with van der Waals surface area (Å²) < 4.78 is 7.45. The van der Waals surface area contributed by atoms with Gasteiger partial charge in [0.05, 0.1) is 24.9 Å². The monoisotopic (exact) mass is 448 g/mol. The second kappa shape index (κ2) is 9.39. The molecule has 0 radical (unpaired) electrons. The molecule has 5 rings (SSSR count). The van der Waals surface area contributed by atoms with Crippen LogP contribution in [0.4, 0.5) is 5.95 Å². The molecule has 2 aliphatic heterocycles. The van der Waals surface area contributed by atoms with Gasteiger partial charge in [-0.15, -0.1) is 0 Å². The number of piperidine rings is 1. The van der Waals surface area contributed by atoms with Crippen molar-refractivity contribution in [1.82, 2.24) is 24.6 Å². The first-order chi connectivity index (χ1) is 16.1. The number of fused-ring (bicyclic) bond motifs is 1. The van der Waals surface area contributed by atoms with E-state index in [2.05, 4.69) is 38.9 Å². The van der Waals surface area contributed by atoms with Gasteiger partial charge >= 0.3 is 0 Å². The van der Waals surface area contributed by atoms with E-state index in [-0.39, 0.29) is 5.56 Å². The number of ether oxygens (including phenoxy) is 1. The molecule has 174 valence electrons. The molecule has 1 N–H and O–H groups in total. The van der Waals surface area contributed by atoms with E-state index in [1.54, 1.807) is 13.3 Å². The molecule has 8 nitrogen and oxygen atoms in total. The molecule has 3 aromatic rings. The lowest BCUT2D eigenvalue weighted by Crippen LogP contribution is -2.39. The topological polar surface area (TPSA) is 79.3 Å². The van der Waals surface area contributed by atoms with E-state index in [0.717, 1.165) is 79.9 Å². The number of aromatic amines is 1. The van der Waals surface area contributed by atoms with Crippen LogP contribution in [0.2, 0.25) is 0 Å². The lowest BCUT2D eigenvalue weighted by atomic mass is 9.99. The number of anilines is 1. The number of nitrogens with one attached hydrogen (secondary N) is 1. The fourth-order valence-corrected chi connectivity index (χ4v) is 4.85. The van der Waals surface area contributed by atoms with Crippen molar-refractivity contribution < 1.29 is 4.74 Å². The highest BCUT2D eigenvalue weighted by atomic mass is 16.5. The molecule has 1 saturated heterocycles. The van der Waals surface area contributed by atoms with Crippen molar-refractivity contribution in [2.75, 3.05) is 31.6 Å². The quantitative estimate of drug-likeness (QED) is 0.625. The zero-order valence-corrected chi connectivity index (χ0v) is 19.5. The lowest BCUT2D eigenvalue weighted by Gasteiger charge is -2.32. The summed E-state index contributed by atoms with van der Waals surface area (Å²) in [4.78, 5) is 25.4. The van der Waals surface area contributed by atoms with Gasteiger partial charge in [0.1, 0.15) is 5.75 Å². The standard InChI is InChI=1S/C25H32N6O2/c1-18-6-12-30(13-7-18)25-27-22-8-11-29(17-21(22)24(32)28-25)15-19-4-5-23(33-2)20(14-19)16-31-10-3-9-26-31/h3-5,9-10,14,18H,6-8,11-13,15-17H2,1-2H3,(H,27,28,32). The number of hydrogen-bond donors (Lipinski definition) is 1. The molecular weight excluding hydrogens is 416 g/mol. The zero-order valence-electron chi connectivity index (χ0n) is 19.5. The van der Waals surface area contributed by atoms with Crippen molar-refractivity contribution in [3.05, 3.63) is 69.4 Å². The Morgan fingerprint density at radius 2 is 2.03 bits per heavy atom. The van der Waals surface area contributed by atoms with Gasteiger partial charge in [-0.05, 0) is 42.5 Å². The highest BCUT2D eigenvalue weighted by Crippen LogP contribution is 2.25. The molecule has 0 spiro atoms. The normalized spacial score (nSPS) is 17.2. The molecule has 2 aliphatic rings. The maximum atomic E-state index is 12.9. The van der Waals surface area contributed by atoms with Crippen LogP contribution < -0.4 is 15.2 Å². The number of aromatic nitrogens is 4. The van der Waals surface area contributed by atoms with E-state index in [4.69, 9.17) is 9.72 Å². The van der Waals surface area contributed by atoms with Crippen LogP contribution in [0.3, 0.4) is 0 Å². The third-order valence-corrected chi connectivity index (χ3v) is 6.86. The first-order valence-electron chi connectivity index (χ1n) is 11.8. The maximum Gasteiger partial charge on any atom is 0.257 e. The van der Waals surface area contributed by atoms with E-state index in [9.17, 15) is 4.79 Å². The molecule has 0 unspecified atom stereocenters. The van der Waals surface area contributed by atoms with E-state index in [1.807, 2.05) is 23.0 Å². The van der Waals surface area contributed by atoms with E-state index in [0.29, 0.717) is 13.1 Å². The molecule has 2 aromatic heterocycles. The van der Waals surface area contributed by atoms with Gasteiger partial charge in [-0.1, -0.05) is 13.0 Å². The van der Waals surface area contributed by atoms with Gasteiger partial charge in [0.25, 0.3) is 5.56 Å². The Balaban J connectivity index is 1.30. The first-order valence-corrected chi connectivity index (χ1v) is 11.8. The van der Waals surface area contributed by atoms with Crippen LogP contribution in [0.5, 0.6) is 5.75 Å². The van der Waals surface area contributed by atoms with Crippen molar-refractivity contribution in [2.45, 2.75) is 45.8 Å². The lowest BCUT2D eigenvalue weighted by molar-refractivity contribution is 0.241. The van der Waals surface area contributed by atoms with Crippen LogP contribution >= 0.6 is 0 Å². The summed E-state index contributed by atoms with van der Waals surface area (Å²) in [7, 11) is 1.70. The van der Waals surface area contributed by atoms with Gasteiger partial charge in [0.2, 0.25) is 5.95 Å². The van der Waals surface area contributed by atoms with Crippen molar-refractivity contribution in [2.24, 2.45) is 5.92 Å². The van der Waals surface area contributed by atoms with Crippen LogP contribution in [0.1, 0.15) is 42.1 Å². The summed E-state index contributed by atoms with van der Waals surface area (Å²) >= 11 is 0. The van der Waals surface area contributed by atoms with Crippen LogP contribution in [0, 0.1) is 5.92 Å². The Kier molecular flexibility index (Phi) is 6.17. The number of H-pyrrole nitrogens is 1. The predicted octanol–water partition coefficient (Wildman–Crippen LogP) is 2.82. The minimum Gasteiger partial charge on any atom is -0.496 e. The van der Waals surface area contributed by atoms with E-state index in [1.165, 1.54) is 5.56 Å². The number of hydrogen-bond acceptors (Lipinski definition) is 6. The Hall–Kier alpha value is -3.13. The van der Waals surface area contributed by atoms with Crippen molar-refractivity contribution in [3.8, 4) is 5.75 Å². The fourth-order valence-electron chi connectivity index (χ4n) is 4.85. The molecule has 8 heteroatoms. The van der Waals surface area contributed by atoms with Crippen molar-refractivity contribution in [3.63, 3.8) is 0 Å². The number of rotatable bonds is 6. The number of benzene rings is 1. The summed E-state index contributed by atoms with van der Waals surface area (Å²) in [5.41, 5.74) is 4.06. The molecule has 0 atom stereocenters. The zero-order chi connectivity index (χ0) is 22.8. The van der Waals surface area contributed by atoms with Gasteiger partial charge < -0.3 is 9.64 Å². The van der Waals surface area contributed by atoms with Crippen LogP contribution in [-0.2, 0) is 26.1 Å². The third kappa shape index (κ3) is 4.80. The molecule has 33 heavy (non-hydrogen) atoms. The van der Waals surface area contributed by atoms with Crippen molar-refractivity contribution in [1.29, 1.82) is 0 Å². The van der Waals surface area contributed by atoms with E-state index >= 15 is 0 Å². The average Bonchev–Trinajstić information content (AvgIpc) is 3.33. The van der Waals surface area contributed by atoms with Gasteiger partial charge in [0.15, 0.2) is 0 Å². The smallest absolute Gasteiger partial charge is 0.257 e. The molecule has 1 fully saturated rings. The maximum absolute atomic E-state index is 12.9. The van der Waals surface area contributed by atoms with Gasteiger partial charge in [-0.2, -0.15) is 5.10 Å². The fraction of sp³-hybridized carbons (Fsp3) is 0.480. The third-order valence-electron chi connectivity index (χ3n) is 6.86. The summed E-state index contributed by atoms with van der Waals surface area (Å²) in [6.07, 6.45) is 6.83. The second-order valence-electron chi connectivity index (χ2n) is 9.29. The molecule has 0 saturated carbocycles. The molecular formula is C25H32N6O2. The summed E-state index contributed by atoms with van der Waals surface area (Å²) in [5.74, 6) is 2.35. The molecule has 1 aromatic carbocycles. The Bertz CT molecular complexity index is 1150. The first kappa shape index (κ1) is 21.7. The van der Waals surface area contributed by atoms with Gasteiger partial charge in [-0.25, -0.2) is 4.98 Å². The predicted molar refractivity (Wildman–Crippen MR) is 128 cm³/mol. The minimum atomic E-state index is 0.00687. The summed E-state index contributed by atoms with van der Waals surface area (Å²) in [6, 6.07) is 8.22. The average molecular weight is 449 g/mol.